The Bertz CT molecular complexity index is 1360. The third-order valence-corrected chi connectivity index (χ3v) is 10.1. The minimum absolute atomic E-state index is 0.105. The topological polar surface area (TPSA) is 136 Å². The second-order valence-corrected chi connectivity index (χ2v) is 14.1. The maximum absolute atomic E-state index is 13.2. The fourth-order valence-electron chi connectivity index (χ4n) is 5.30. The van der Waals surface area contributed by atoms with Gasteiger partial charge in [-0.2, -0.15) is 0 Å². The number of ether oxygens (including phenoxy) is 1. The van der Waals surface area contributed by atoms with Gasteiger partial charge >= 0.3 is 0 Å². The van der Waals surface area contributed by atoms with E-state index in [9.17, 15) is 8.42 Å². The molecule has 4 rings (SSSR count). The highest BCUT2D eigenvalue weighted by Crippen LogP contribution is 2.41. The summed E-state index contributed by atoms with van der Waals surface area (Å²) in [6.07, 6.45) is 4.97. The number of hydrogen-bond acceptors (Lipinski definition) is 9. The van der Waals surface area contributed by atoms with Gasteiger partial charge in [-0.3, -0.25) is 11.1 Å². The van der Waals surface area contributed by atoms with Gasteiger partial charge in [0.05, 0.1) is 16.4 Å². The zero-order valence-corrected chi connectivity index (χ0v) is 25.2. The molecule has 0 saturated carbocycles. The number of nitrogens with one attached hydrogen (secondary N) is 2. The lowest BCUT2D eigenvalue weighted by molar-refractivity contribution is 0.180. The molecule has 1 aromatic heterocycles. The number of sulfone groups is 1. The smallest absolute Gasteiger partial charge is 0.198 e. The Kier molecular flexibility index (Phi) is 8.39. The first kappa shape index (κ1) is 29.8. The molecule has 1 fully saturated rings. The number of hydrogen-bond donors (Lipinski definition) is 4. The van der Waals surface area contributed by atoms with Gasteiger partial charge in [0.15, 0.2) is 20.7 Å². The van der Waals surface area contributed by atoms with Gasteiger partial charge in [0.2, 0.25) is 0 Å². The summed E-state index contributed by atoms with van der Waals surface area (Å²) in [5.74, 6) is -0.391. The minimum atomic E-state index is -3.78. The zero-order chi connectivity index (χ0) is 28.8. The van der Waals surface area contributed by atoms with Gasteiger partial charge in [0, 0.05) is 23.5 Å². The summed E-state index contributed by atoms with van der Waals surface area (Å²) in [6.45, 7) is 11.3. The van der Waals surface area contributed by atoms with E-state index in [0.717, 1.165) is 31.5 Å². The fourth-order valence-corrected chi connectivity index (χ4v) is 6.70. The van der Waals surface area contributed by atoms with Crippen molar-refractivity contribution in [2.75, 3.05) is 20.1 Å². The lowest BCUT2D eigenvalue weighted by Crippen LogP contribution is -2.71. The number of nitrogens with two attached hydrogens (primary N) is 2. The van der Waals surface area contributed by atoms with E-state index in [4.69, 9.17) is 27.8 Å². The van der Waals surface area contributed by atoms with Crippen LogP contribution in [0.4, 0.5) is 0 Å². The van der Waals surface area contributed by atoms with Gasteiger partial charge in [-0.25, -0.2) is 13.4 Å². The van der Waals surface area contributed by atoms with Crippen molar-refractivity contribution in [2.45, 2.75) is 81.2 Å². The van der Waals surface area contributed by atoms with Crippen molar-refractivity contribution in [3.63, 3.8) is 0 Å². The number of piperidine rings is 1. The molecule has 11 heteroatoms. The summed E-state index contributed by atoms with van der Waals surface area (Å²) < 4.78 is 32.8. The summed E-state index contributed by atoms with van der Waals surface area (Å²) in [5.41, 5.74) is 15.4. The quantitative estimate of drug-likeness (QED) is 0.391. The van der Waals surface area contributed by atoms with Crippen LogP contribution >= 0.6 is 11.6 Å². The maximum Gasteiger partial charge on any atom is 0.198 e. The van der Waals surface area contributed by atoms with E-state index in [1.807, 2.05) is 19.9 Å². The highest BCUT2D eigenvalue weighted by molar-refractivity contribution is 7.92. The van der Waals surface area contributed by atoms with Crippen LogP contribution in [-0.2, 0) is 21.3 Å². The van der Waals surface area contributed by atoms with Crippen LogP contribution < -0.4 is 26.8 Å². The molecule has 2 aliphatic heterocycles. The molecule has 0 bridgehead atoms. The summed E-state index contributed by atoms with van der Waals surface area (Å²) in [5, 5.41) is 5.68. The van der Waals surface area contributed by atoms with Gasteiger partial charge in [-0.1, -0.05) is 17.7 Å². The molecule has 6 N–H and O–H groups in total. The number of nitrogens with zero attached hydrogens (tertiary/aromatic N) is 2. The van der Waals surface area contributed by atoms with E-state index >= 15 is 0 Å². The third-order valence-electron chi connectivity index (χ3n) is 7.60. The molecule has 0 aliphatic carbocycles. The first-order chi connectivity index (χ1) is 18.2. The third kappa shape index (κ3) is 5.68. The van der Waals surface area contributed by atoms with Crippen molar-refractivity contribution >= 4 is 21.4 Å². The summed E-state index contributed by atoms with van der Waals surface area (Å²) >= 11 is 6.67. The first-order valence-electron chi connectivity index (χ1n) is 13.4. The SMILES string of the molecule is Cc1cc(C2(N)NC=C(Cl)C(N)(c3cccnc3S(=O)(=O)C(C)C)N2)c(OC(C)C)cc1C1CCN(C)CC1. The van der Waals surface area contributed by atoms with Crippen LogP contribution in [0.2, 0.25) is 0 Å². The molecule has 0 radical (unpaired) electrons. The maximum atomic E-state index is 13.2. The molecule has 2 aromatic rings. The summed E-state index contributed by atoms with van der Waals surface area (Å²) in [4.78, 5) is 6.55. The molecule has 2 aliphatic rings. The van der Waals surface area contributed by atoms with Gasteiger partial charge in [-0.15, -0.1) is 0 Å². The molecule has 214 valence electrons. The molecular formula is C28H41ClN6O3S. The Morgan fingerprint density at radius 1 is 1.15 bits per heavy atom. The monoisotopic (exact) mass is 576 g/mol. The standard InChI is InChI=1S/C28H41ClN6O3S/c1-17(2)38-24-15-21(20-9-12-35(6)13-10-20)19(5)14-23(24)28(31)33-16-25(29)27(30,34-28)22-8-7-11-32-26(22)39(36,37)18(3)4/h7-8,11,14-18,20,33-34H,9-10,12-13,30-31H2,1-6H3. The molecular weight excluding hydrogens is 536 g/mol. The van der Waals surface area contributed by atoms with Crippen molar-refractivity contribution in [3.8, 4) is 5.75 Å². The van der Waals surface area contributed by atoms with E-state index in [-0.39, 0.29) is 21.7 Å². The minimum Gasteiger partial charge on any atom is -0.491 e. The molecule has 3 heterocycles. The van der Waals surface area contributed by atoms with E-state index in [0.29, 0.717) is 17.2 Å². The van der Waals surface area contributed by atoms with Crippen molar-refractivity contribution in [3.05, 3.63) is 63.9 Å². The van der Waals surface area contributed by atoms with Crippen LogP contribution in [-0.4, -0.2) is 49.8 Å². The Hall–Kier alpha value is -2.21. The Labute approximate surface area is 237 Å². The second kappa shape index (κ2) is 11.0. The lowest BCUT2D eigenvalue weighted by atomic mass is 9.85. The summed E-state index contributed by atoms with van der Waals surface area (Å²) in [7, 11) is -1.63. The number of halogens is 1. The van der Waals surface area contributed by atoms with Gasteiger partial charge in [0.25, 0.3) is 0 Å². The van der Waals surface area contributed by atoms with E-state index < -0.39 is 26.5 Å². The number of aryl methyl sites for hydroxylation is 1. The number of pyridine rings is 1. The van der Waals surface area contributed by atoms with Gasteiger partial charge in [0.1, 0.15) is 11.4 Å². The summed E-state index contributed by atoms with van der Waals surface area (Å²) in [6, 6.07) is 7.35. The Balaban J connectivity index is 1.82. The average molecular weight is 577 g/mol. The Morgan fingerprint density at radius 2 is 1.82 bits per heavy atom. The highest BCUT2D eigenvalue weighted by atomic mass is 35.5. The first-order valence-corrected chi connectivity index (χ1v) is 15.3. The van der Waals surface area contributed by atoms with Crippen LogP contribution in [0.25, 0.3) is 0 Å². The van der Waals surface area contributed by atoms with Crippen LogP contribution in [0.5, 0.6) is 5.75 Å². The van der Waals surface area contributed by atoms with E-state index in [1.54, 1.807) is 26.0 Å². The number of aromatic nitrogens is 1. The number of likely N-dealkylation sites (tertiary alicyclic amines) is 1. The molecule has 1 aromatic carbocycles. The largest absolute Gasteiger partial charge is 0.491 e. The number of benzene rings is 1. The molecule has 0 amide bonds. The molecule has 1 saturated heterocycles. The van der Waals surface area contributed by atoms with Crippen molar-refractivity contribution in [1.29, 1.82) is 0 Å². The van der Waals surface area contributed by atoms with Crippen LogP contribution in [0, 0.1) is 6.92 Å². The predicted octanol–water partition coefficient (Wildman–Crippen LogP) is 3.32. The molecule has 39 heavy (non-hydrogen) atoms. The molecule has 2 unspecified atom stereocenters. The lowest BCUT2D eigenvalue weighted by Gasteiger charge is -2.46. The predicted molar refractivity (Wildman–Crippen MR) is 155 cm³/mol. The normalized spacial score (nSPS) is 25.1. The van der Waals surface area contributed by atoms with Gasteiger partial charge < -0.3 is 20.7 Å². The van der Waals surface area contributed by atoms with Crippen LogP contribution in [0.15, 0.2) is 46.7 Å². The zero-order valence-electron chi connectivity index (χ0n) is 23.6. The van der Waals surface area contributed by atoms with Crippen LogP contribution in [0.1, 0.15) is 68.7 Å². The molecule has 2 atom stereocenters. The molecule has 0 spiro atoms. The second-order valence-electron chi connectivity index (χ2n) is 11.3. The molecule has 9 nitrogen and oxygen atoms in total. The van der Waals surface area contributed by atoms with E-state index in [1.165, 1.54) is 18.0 Å². The van der Waals surface area contributed by atoms with Crippen molar-refractivity contribution < 1.29 is 13.2 Å². The number of rotatable bonds is 7. The van der Waals surface area contributed by atoms with Crippen molar-refractivity contribution in [1.82, 2.24) is 20.5 Å². The van der Waals surface area contributed by atoms with Crippen LogP contribution in [0.3, 0.4) is 0 Å². The average Bonchev–Trinajstić information content (AvgIpc) is 2.87. The fraction of sp³-hybridized carbons (Fsp3) is 0.536. The van der Waals surface area contributed by atoms with Gasteiger partial charge in [-0.05, 0) is 103 Å². The Morgan fingerprint density at radius 3 is 2.44 bits per heavy atom. The van der Waals surface area contributed by atoms with E-state index in [2.05, 4.69) is 40.6 Å². The highest BCUT2D eigenvalue weighted by Gasteiger charge is 2.47. The van der Waals surface area contributed by atoms with Crippen molar-refractivity contribution in [2.24, 2.45) is 11.5 Å².